The van der Waals surface area contributed by atoms with Crippen molar-refractivity contribution in [2.24, 2.45) is 0 Å². The van der Waals surface area contributed by atoms with Crippen molar-refractivity contribution in [3.8, 4) is 12.3 Å². The van der Waals surface area contributed by atoms with Crippen LogP contribution in [0.2, 0.25) is 0 Å². The zero-order valence-electron chi connectivity index (χ0n) is 6.81. The van der Waals surface area contributed by atoms with Crippen molar-refractivity contribution in [2.45, 2.75) is 19.4 Å². The third-order valence-corrected chi connectivity index (χ3v) is 1.53. The van der Waals surface area contributed by atoms with Gasteiger partial charge in [-0.15, -0.1) is 18.0 Å². The lowest BCUT2D eigenvalue weighted by molar-refractivity contribution is 0.633. The van der Waals surface area contributed by atoms with Crippen molar-refractivity contribution in [3.63, 3.8) is 0 Å². The van der Waals surface area contributed by atoms with Crippen molar-refractivity contribution >= 4 is 11.6 Å². The molecule has 0 heterocycles. The van der Waals surface area contributed by atoms with Crippen LogP contribution in [0.15, 0.2) is 12.2 Å². The summed E-state index contributed by atoms with van der Waals surface area (Å²) in [6.45, 7) is 2.86. The number of hydrogen-bond acceptors (Lipinski definition) is 1. The molecule has 0 amide bonds. The summed E-state index contributed by atoms with van der Waals surface area (Å²) in [4.78, 5) is 0. The summed E-state index contributed by atoms with van der Waals surface area (Å²) in [5.41, 5.74) is 0. The summed E-state index contributed by atoms with van der Waals surface area (Å²) in [7, 11) is 0. The molecule has 11 heavy (non-hydrogen) atoms. The summed E-state index contributed by atoms with van der Waals surface area (Å²) >= 11 is 5.43. The van der Waals surface area contributed by atoms with Gasteiger partial charge in [-0.3, -0.25) is 0 Å². The summed E-state index contributed by atoms with van der Waals surface area (Å²) in [5.74, 6) is 3.21. The quantitative estimate of drug-likeness (QED) is 0.378. The first-order valence-electron chi connectivity index (χ1n) is 3.75. The second kappa shape index (κ2) is 7.65. The molecule has 62 valence electrons. The highest BCUT2D eigenvalue weighted by molar-refractivity contribution is 6.18. The van der Waals surface area contributed by atoms with Gasteiger partial charge in [-0.05, 0) is 6.42 Å². The van der Waals surface area contributed by atoms with Gasteiger partial charge >= 0.3 is 0 Å². The van der Waals surface area contributed by atoms with E-state index < -0.39 is 0 Å². The number of hydrogen-bond donors (Lipinski definition) is 1. The van der Waals surface area contributed by atoms with Gasteiger partial charge in [0.05, 0.1) is 6.04 Å². The Morgan fingerprint density at radius 2 is 2.36 bits per heavy atom. The third kappa shape index (κ3) is 5.97. The van der Waals surface area contributed by atoms with Gasteiger partial charge in [-0.1, -0.05) is 25.0 Å². The molecular formula is C9H14ClN. The minimum Gasteiger partial charge on any atom is -0.300 e. The van der Waals surface area contributed by atoms with Gasteiger partial charge in [0.2, 0.25) is 0 Å². The van der Waals surface area contributed by atoms with Crippen molar-refractivity contribution in [1.82, 2.24) is 5.32 Å². The summed E-state index contributed by atoms with van der Waals surface area (Å²) in [6, 6.07) is 0.190. The van der Waals surface area contributed by atoms with Crippen molar-refractivity contribution in [1.29, 1.82) is 0 Å². The third-order valence-electron chi connectivity index (χ3n) is 1.35. The molecule has 2 heteroatoms. The number of alkyl halides is 1. The summed E-state index contributed by atoms with van der Waals surface area (Å²) < 4.78 is 0. The number of terminal acetylenes is 1. The van der Waals surface area contributed by atoms with Crippen LogP contribution in [0.5, 0.6) is 0 Å². The van der Waals surface area contributed by atoms with Crippen LogP contribution in [0, 0.1) is 12.3 Å². The lowest BCUT2D eigenvalue weighted by Gasteiger charge is -2.06. The van der Waals surface area contributed by atoms with Crippen LogP contribution in [-0.4, -0.2) is 18.5 Å². The zero-order chi connectivity index (χ0) is 8.53. The van der Waals surface area contributed by atoms with Crippen molar-refractivity contribution < 1.29 is 0 Å². The molecule has 1 nitrogen and oxygen atoms in total. The Kier molecular flexibility index (Phi) is 7.34. The summed E-state index contributed by atoms with van der Waals surface area (Å²) in [5, 5.41) is 3.17. The van der Waals surface area contributed by atoms with E-state index in [0.717, 1.165) is 13.0 Å². The number of halogens is 1. The minimum atomic E-state index is 0.190. The fourth-order valence-corrected chi connectivity index (χ4v) is 0.804. The standard InChI is InChI=1S/C9H14ClN/c1-3-9(4-2)11-8-6-5-7-10/h1,5-6,9,11H,4,7-8H2,2H3/b6-5+. The molecule has 0 rings (SSSR count). The first-order chi connectivity index (χ1) is 5.35. The molecule has 0 aromatic carbocycles. The Balaban J connectivity index is 3.37. The van der Waals surface area contributed by atoms with Crippen LogP contribution < -0.4 is 5.32 Å². The van der Waals surface area contributed by atoms with E-state index in [-0.39, 0.29) is 6.04 Å². The van der Waals surface area contributed by atoms with E-state index in [1.807, 2.05) is 12.2 Å². The first kappa shape index (κ1) is 10.6. The highest BCUT2D eigenvalue weighted by Crippen LogP contribution is 1.86. The van der Waals surface area contributed by atoms with Gasteiger partial charge in [0, 0.05) is 12.4 Å². The Hall–Kier alpha value is -0.450. The lowest BCUT2D eigenvalue weighted by atomic mass is 10.2. The van der Waals surface area contributed by atoms with Crippen LogP contribution in [0.1, 0.15) is 13.3 Å². The molecule has 0 aliphatic heterocycles. The molecule has 0 aromatic rings. The Morgan fingerprint density at radius 3 is 2.82 bits per heavy atom. The molecule has 0 saturated heterocycles. The van der Waals surface area contributed by atoms with E-state index in [1.54, 1.807) is 0 Å². The topological polar surface area (TPSA) is 12.0 Å². The van der Waals surface area contributed by atoms with E-state index in [2.05, 4.69) is 18.2 Å². The van der Waals surface area contributed by atoms with Crippen LogP contribution in [0.25, 0.3) is 0 Å². The number of nitrogens with one attached hydrogen (secondary N) is 1. The second-order valence-electron chi connectivity index (χ2n) is 2.16. The molecule has 0 radical (unpaired) electrons. The fourth-order valence-electron chi connectivity index (χ4n) is 0.678. The molecule has 1 unspecified atom stereocenters. The average Bonchev–Trinajstić information content (AvgIpc) is 2.05. The Labute approximate surface area is 73.8 Å². The van der Waals surface area contributed by atoms with Gasteiger partial charge in [0.25, 0.3) is 0 Å². The molecule has 1 atom stereocenters. The van der Waals surface area contributed by atoms with E-state index >= 15 is 0 Å². The molecule has 0 saturated carbocycles. The van der Waals surface area contributed by atoms with Crippen molar-refractivity contribution in [3.05, 3.63) is 12.2 Å². The average molecular weight is 172 g/mol. The van der Waals surface area contributed by atoms with Crippen LogP contribution >= 0.6 is 11.6 Å². The smallest absolute Gasteiger partial charge is 0.0686 e. The van der Waals surface area contributed by atoms with E-state index in [4.69, 9.17) is 18.0 Å². The molecule has 0 aliphatic rings. The van der Waals surface area contributed by atoms with E-state index in [1.165, 1.54) is 0 Å². The molecule has 1 N–H and O–H groups in total. The van der Waals surface area contributed by atoms with Gasteiger partial charge in [-0.25, -0.2) is 0 Å². The second-order valence-corrected chi connectivity index (χ2v) is 2.47. The monoisotopic (exact) mass is 171 g/mol. The van der Waals surface area contributed by atoms with Gasteiger partial charge in [0.1, 0.15) is 0 Å². The lowest BCUT2D eigenvalue weighted by Crippen LogP contribution is -2.26. The molecular weight excluding hydrogens is 158 g/mol. The number of rotatable bonds is 5. The maximum Gasteiger partial charge on any atom is 0.0686 e. The highest BCUT2D eigenvalue weighted by atomic mass is 35.5. The maximum absolute atomic E-state index is 5.43. The normalized spacial score (nSPS) is 13.2. The Morgan fingerprint density at radius 1 is 1.64 bits per heavy atom. The minimum absolute atomic E-state index is 0.190. The van der Waals surface area contributed by atoms with Crippen LogP contribution in [0.4, 0.5) is 0 Å². The SMILES string of the molecule is C#CC(CC)NC/C=C/CCl. The predicted molar refractivity (Wildman–Crippen MR) is 50.8 cm³/mol. The Bertz CT molecular complexity index is 146. The fraction of sp³-hybridized carbons (Fsp3) is 0.556. The summed E-state index contributed by atoms with van der Waals surface area (Å²) in [6.07, 6.45) is 10.1. The van der Waals surface area contributed by atoms with Gasteiger partial charge in [0.15, 0.2) is 0 Å². The molecule has 0 aliphatic carbocycles. The van der Waals surface area contributed by atoms with Crippen LogP contribution in [-0.2, 0) is 0 Å². The maximum atomic E-state index is 5.43. The van der Waals surface area contributed by atoms with E-state index in [9.17, 15) is 0 Å². The number of allylic oxidation sites excluding steroid dienone is 1. The molecule has 0 aromatic heterocycles. The van der Waals surface area contributed by atoms with Gasteiger partial charge < -0.3 is 5.32 Å². The highest BCUT2D eigenvalue weighted by Gasteiger charge is 1.95. The van der Waals surface area contributed by atoms with Crippen molar-refractivity contribution in [2.75, 3.05) is 12.4 Å². The molecule has 0 bridgehead atoms. The van der Waals surface area contributed by atoms with E-state index in [0.29, 0.717) is 5.88 Å². The molecule has 0 fully saturated rings. The molecule has 0 spiro atoms. The largest absolute Gasteiger partial charge is 0.300 e. The zero-order valence-corrected chi connectivity index (χ0v) is 7.56. The first-order valence-corrected chi connectivity index (χ1v) is 4.29. The van der Waals surface area contributed by atoms with Gasteiger partial charge in [-0.2, -0.15) is 0 Å². The van der Waals surface area contributed by atoms with Crippen LogP contribution in [0.3, 0.4) is 0 Å². The predicted octanol–water partition coefficient (Wildman–Crippen LogP) is 1.78.